The molecular formula is C10H17K. The molecule has 0 aromatic carbocycles. The normalized spacial score (nSPS) is 11.9. The van der Waals surface area contributed by atoms with Crippen molar-refractivity contribution in [2.45, 2.75) is 33.1 Å². The Kier molecular flexibility index (Phi) is 12.2. The summed E-state index contributed by atoms with van der Waals surface area (Å²) in [6, 6.07) is 0. The van der Waals surface area contributed by atoms with Crippen molar-refractivity contribution < 1.29 is 0 Å². The van der Waals surface area contributed by atoms with Gasteiger partial charge in [-0.25, -0.2) is 0 Å². The van der Waals surface area contributed by atoms with Gasteiger partial charge in [0.15, 0.2) is 0 Å². The van der Waals surface area contributed by atoms with Crippen molar-refractivity contribution in [3.63, 3.8) is 0 Å². The zero-order chi connectivity index (χ0) is 8.36. The van der Waals surface area contributed by atoms with Crippen LogP contribution in [0.5, 0.6) is 0 Å². The van der Waals surface area contributed by atoms with Crippen LogP contribution in [0.15, 0.2) is 24.3 Å². The van der Waals surface area contributed by atoms with Gasteiger partial charge in [0.2, 0.25) is 0 Å². The third-order valence-corrected chi connectivity index (χ3v) is 2.30. The second-order valence-corrected chi connectivity index (χ2v) is 4.00. The number of hydrogen-bond donors (Lipinski definition) is 0. The molecule has 11 heavy (non-hydrogen) atoms. The van der Waals surface area contributed by atoms with Gasteiger partial charge < -0.3 is 0 Å². The molecule has 0 bridgehead atoms. The molecule has 0 aliphatic heterocycles. The molecule has 0 fully saturated rings. The number of rotatable bonds is 6. The average Bonchev–Trinajstić information content (AvgIpc) is 2.03. The topological polar surface area (TPSA) is 0 Å². The van der Waals surface area contributed by atoms with Gasteiger partial charge in [-0.3, -0.25) is 0 Å². The summed E-state index contributed by atoms with van der Waals surface area (Å²) in [6.45, 7) is 2.23. The molecule has 0 amide bonds. The number of unbranched alkanes of at least 4 members (excludes halogenated alkanes) is 2. The predicted molar refractivity (Wildman–Crippen MR) is 53.0 cm³/mol. The van der Waals surface area contributed by atoms with E-state index in [1.54, 1.807) is 0 Å². The molecule has 0 unspecified atom stereocenters. The zero-order valence-corrected chi connectivity index (χ0v) is 11.0. The van der Waals surface area contributed by atoms with E-state index in [-0.39, 0.29) is 0 Å². The van der Waals surface area contributed by atoms with E-state index in [1.165, 1.54) is 19.8 Å². The third kappa shape index (κ3) is 11.1. The maximum atomic E-state index is 2.30. The Balaban J connectivity index is 3.09. The average molecular weight is 176 g/mol. The van der Waals surface area contributed by atoms with Gasteiger partial charge in [0.1, 0.15) is 0 Å². The first-order valence-electron chi connectivity index (χ1n) is 4.71. The van der Waals surface area contributed by atoms with E-state index in [4.69, 9.17) is 0 Å². The van der Waals surface area contributed by atoms with E-state index >= 15 is 0 Å². The molecule has 0 nitrogen and oxygen atoms in total. The van der Waals surface area contributed by atoms with Crippen LogP contribution in [0.4, 0.5) is 0 Å². The molecule has 0 saturated heterocycles. The van der Waals surface area contributed by atoms with Crippen LogP contribution in [0.25, 0.3) is 0 Å². The molecule has 0 radical (unpaired) electrons. The standard InChI is InChI=1S/C10H17.K/c1-3-5-7-9-10-8-6-4-2;/h3,5,9-10H,1,4,6-8H2,2H3;. The van der Waals surface area contributed by atoms with E-state index in [0.717, 1.165) is 55.4 Å². The first-order chi connectivity index (χ1) is 5.41. The van der Waals surface area contributed by atoms with Crippen LogP contribution in [0.3, 0.4) is 0 Å². The Hall–Kier alpha value is 1.12. The zero-order valence-electron chi connectivity index (χ0n) is 7.84. The minimum atomic E-state index is 0.995. The third-order valence-electron chi connectivity index (χ3n) is 1.57. The minimum absolute atomic E-state index is 0.995. The molecule has 0 heterocycles. The molecular weight excluding hydrogens is 159 g/mol. The van der Waals surface area contributed by atoms with Gasteiger partial charge in [0, 0.05) is 0 Å². The van der Waals surface area contributed by atoms with Crippen molar-refractivity contribution in [3.8, 4) is 0 Å². The Morgan fingerprint density at radius 2 is 1.82 bits per heavy atom. The molecule has 0 rings (SSSR count). The second kappa shape index (κ2) is 11.1. The van der Waals surface area contributed by atoms with Gasteiger partial charge in [0.05, 0.1) is 0 Å². The van der Waals surface area contributed by atoms with Crippen LogP contribution in [-0.4, -0.2) is 49.0 Å². The van der Waals surface area contributed by atoms with Crippen LogP contribution in [0, 0.1) is 0 Å². The monoisotopic (exact) mass is 176 g/mol. The van der Waals surface area contributed by atoms with E-state index in [9.17, 15) is 0 Å². The van der Waals surface area contributed by atoms with Gasteiger partial charge in [-0.1, -0.05) is 0 Å². The Morgan fingerprint density at radius 3 is 2.45 bits per heavy atom. The fourth-order valence-electron chi connectivity index (χ4n) is 0.878. The Bertz CT molecular complexity index is 114. The van der Waals surface area contributed by atoms with Crippen LogP contribution in [0.1, 0.15) is 32.6 Å². The van der Waals surface area contributed by atoms with Crippen molar-refractivity contribution in [2.24, 2.45) is 0 Å². The Labute approximate surface area is 105 Å². The molecule has 0 aromatic rings. The molecule has 0 spiro atoms. The number of allylic oxidation sites excluding steroid dienone is 4. The molecule has 0 aromatic heterocycles. The van der Waals surface area contributed by atoms with E-state index in [1.807, 2.05) is 0 Å². The van der Waals surface area contributed by atoms with E-state index in [0.29, 0.717) is 0 Å². The van der Waals surface area contributed by atoms with Crippen molar-refractivity contribution in [2.75, 3.05) is 0 Å². The first kappa shape index (κ1) is 12.1. The molecule has 0 aliphatic rings. The summed E-state index contributed by atoms with van der Waals surface area (Å²) in [5.41, 5.74) is 0. The fraction of sp³-hybridized carbons (Fsp3) is 0.600. The van der Waals surface area contributed by atoms with Gasteiger partial charge in [-0.2, -0.15) is 0 Å². The van der Waals surface area contributed by atoms with Crippen LogP contribution < -0.4 is 0 Å². The summed E-state index contributed by atoms with van der Waals surface area (Å²) in [6.07, 6.45) is 14.2. The van der Waals surface area contributed by atoms with Crippen LogP contribution in [0.2, 0.25) is 0.515 Å². The van der Waals surface area contributed by atoms with Crippen molar-refractivity contribution in [3.05, 3.63) is 24.3 Å². The van der Waals surface area contributed by atoms with Crippen LogP contribution in [-0.2, 0) is 0 Å². The summed E-state index contributed by atoms with van der Waals surface area (Å²) < 4.78 is 1.34. The van der Waals surface area contributed by atoms with Gasteiger partial charge in [-0.05, 0) is 0 Å². The van der Waals surface area contributed by atoms with Gasteiger partial charge in [-0.15, -0.1) is 0 Å². The van der Waals surface area contributed by atoms with Crippen molar-refractivity contribution in [1.82, 2.24) is 0 Å². The second-order valence-electron chi connectivity index (χ2n) is 2.73. The molecule has 0 atom stereocenters. The summed E-state index contributed by atoms with van der Waals surface area (Å²) in [5.74, 6) is 0. The van der Waals surface area contributed by atoms with Crippen molar-refractivity contribution in [1.29, 1.82) is 0 Å². The maximum absolute atomic E-state index is 2.30. The van der Waals surface area contributed by atoms with E-state index < -0.39 is 0 Å². The van der Waals surface area contributed by atoms with Crippen LogP contribution >= 0.6 is 0 Å². The summed E-state index contributed by atoms with van der Waals surface area (Å²) in [7, 11) is 0. The summed E-state index contributed by atoms with van der Waals surface area (Å²) in [5, 5.41) is 0. The predicted octanol–water partition coefficient (Wildman–Crippen LogP) is 3.27. The molecule has 0 aliphatic carbocycles. The van der Waals surface area contributed by atoms with Crippen molar-refractivity contribution >= 4 is 49.0 Å². The van der Waals surface area contributed by atoms with Gasteiger partial charge in [0.25, 0.3) is 0 Å². The molecule has 1 heteroatoms. The fourth-order valence-corrected chi connectivity index (χ4v) is 1.40. The Morgan fingerprint density at radius 1 is 1.09 bits per heavy atom. The molecule has 58 valence electrons. The summed E-state index contributed by atoms with van der Waals surface area (Å²) >= 11 is 0.995. The number of hydrogen-bond acceptors (Lipinski definition) is 0. The SMILES string of the molecule is CCCCC=CCC=C[CH2][K]. The van der Waals surface area contributed by atoms with Gasteiger partial charge >= 0.3 is 106 Å². The summed E-state index contributed by atoms with van der Waals surface area (Å²) in [4.78, 5) is 0. The first-order valence-corrected chi connectivity index (χ1v) is 6.92. The molecule has 0 N–H and O–H groups in total. The quantitative estimate of drug-likeness (QED) is 0.331. The van der Waals surface area contributed by atoms with E-state index in [2.05, 4.69) is 31.2 Å². The molecule has 0 saturated carbocycles.